The van der Waals surface area contributed by atoms with Crippen LogP contribution in [0.15, 0.2) is 36.5 Å². The molecule has 2 aromatic rings. The lowest BCUT2D eigenvalue weighted by molar-refractivity contribution is -0.120. The monoisotopic (exact) mass is 287 g/mol. The predicted molar refractivity (Wildman–Crippen MR) is 77.0 cm³/mol. The quantitative estimate of drug-likeness (QED) is 0.811. The standard InChI is InChI=1S/C14H17N5O2/c1-2-8-15-13(20)9-16-14(21)12-10-19(18-17-12)11-6-4-3-5-7-11/h3-7,10H,2,8-9H2,1H3,(H,15,20)(H,16,21). The minimum atomic E-state index is -0.427. The van der Waals surface area contributed by atoms with E-state index in [9.17, 15) is 9.59 Å². The molecule has 1 aromatic carbocycles. The number of hydrogen-bond donors (Lipinski definition) is 2. The van der Waals surface area contributed by atoms with Crippen LogP contribution in [0.4, 0.5) is 0 Å². The zero-order valence-corrected chi connectivity index (χ0v) is 11.7. The maximum absolute atomic E-state index is 11.9. The van der Waals surface area contributed by atoms with E-state index >= 15 is 0 Å². The molecule has 0 aliphatic carbocycles. The highest BCUT2D eigenvalue weighted by Crippen LogP contribution is 2.05. The smallest absolute Gasteiger partial charge is 0.273 e. The van der Waals surface area contributed by atoms with Gasteiger partial charge in [0, 0.05) is 6.54 Å². The Kier molecular flexibility index (Phi) is 5.03. The first-order valence-corrected chi connectivity index (χ1v) is 6.73. The number of benzene rings is 1. The van der Waals surface area contributed by atoms with Crippen molar-refractivity contribution in [2.45, 2.75) is 13.3 Å². The normalized spacial score (nSPS) is 10.1. The summed E-state index contributed by atoms with van der Waals surface area (Å²) in [7, 11) is 0. The second-order valence-corrected chi connectivity index (χ2v) is 4.42. The zero-order chi connectivity index (χ0) is 15.1. The molecule has 0 bridgehead atoms. The summed E-state index contributed by atoms with van der Waals surface area (Å²) in [5.41, 5.74) is 0.979. The van der Waals surface area contributed by atoms with Crippen molar-refractivity contribution in [3.8, 4) is 5.69 Å². The van der Waals surface area contributed by atoms with Crippen LogP contribution in [0.1, 0.15) is 23.8 Å². The van der Waals surface area contributed by atoms with Crippen molar-refractivity contribution in [1.82, 2.24) is 25.6 Å². The molecular formula is C14H17N5O2. The number of nitrogens with one attached hydrogen (secondary N) is 2. The van der Waals surface area contributed by atoms with E-state index in [4.69, 9.17) is 0 Å². The fraction of sp³-hybridized carbons (Fsp3) is 0.286. The van der Waals surface area contributed by atoms with E-state index in [2.05, 4.69) is 20.9 Å². The van der Waals surface area contributed by atoms with Crippen molar-refractivity contribution in [3.05, 3.63) is 42.2 Å². The van der Waals surface area contributed by atoms with Crippen molar-refractivity contribution < 1.29 is 9.59 Å². The summed E-state index contributed by atoms with van der Waals surface area (Å²) in [6, 6.07) is 9.34. The third kappa shape index (κ3) is 4.13. The van der Waals surface area contributed by atoms with Crippen LogP contribution in [-0.2, 0) is 4.79 Å². The van der Waals surface area contributed by atoms with Crippen LogP contribution in [0.25, 0.3) is 5.69 Å². The Hall–Kier alpha value is -2.70. The Bertz CT molecular complexity index is 609. The molecule has 1 heterocycles. The third-order valence-corrected chi connectivity index (χ3v) is 2.73. The van der Waals surface area contributed by atoms with Gasteiger partial charge < -0.3 is 10.6 Å². The van der Waals surface area contributed by atoms with Crippen molar-refractivity contribution in [2.75, 3.05) is 13.1 Å². The maximum atomic E-state index is 11.9. The molecule has 0 atom stereocenters. The molecular weight excluding hydrogens is 270 g/mol. The van der Waals surface area contributed by atoms with Crippen molar-refractivity contribution >= 4 is 11.8 Å². The molecule has 21 heavy (non-hydrogen) atoms. The third-order valence-electron chi connectivity index (χ3n) is 2.73. The molecule has 7 heteroatoms. The van der Waals surface area contributed by atoms with Gasteiger partial charge in [-0.15, -0.1) is 5.10 Å². The van der Waals surface area contributed by atoms with Crippen LogP contribution >= 0.6 is 0 Å². The van der Waals surface area contributed by atoms with Crippen molar-refractivity contribution in [1.29, 1.82) is 0 Å². The van der Waals surface area contributed by atoms with Gasteiger partial charge in [-0.05, 0) is 18.6 Å². The highest BCUT2D eigenvalue weighted by molar-refractivity contribution is 5.94. The number of carbonyl (C=O) groups excluding carboxylic acids is 2. The largest absolute Gasteiger partial charge is 0.355 e. The minimum Gasteiger partial charge on any atom is -0.355 e. The molecule has 0 aliphatic rings. The van der Waals surface area contributed by atoms with E-state index in [0.717, 1.165) is 12.1 Å². The second kappa shape index (κ2) is 7.18. The highest BCUT2D eigenvalue weighted by atomic mass is 16.2. The maximum Gasteiger partial charge on any atom is 0.273 e. The predicted octanol–water partition coefficient (Wildman–Crippen LogP) is 0.523. The highest BCUT2D eigenvalue weighted by Gasteiger charge is 2.12. The number of hydrogen-bond acceptors (Lipinski definition) is 4. The van der Waals surface area contributed by atoms with Crippen LogP contribution in [0.2, 0.25) is 0 Å². The number of aromatic nitrogens is 3. The number of rotatable bonds is 6. The van der Waals surface area contributed by atoms with Crippen LogP contribution in [-0.4, -0.2) is 39.9 Å². The Balaban J connectivity index is 1.92. The van der Waals surface area contributed by atoms with E-state index in [1.165, 1.54) is 10.9 Å². The number of amides is 2. The van der Waals surface area contributed by atoms with Crippen molar-refractivity contribution in [3.63, 3.8) is 0 Å². The van der Waals surface area contributed by atoms with Gasteiger partial charge in [0.1, 0.15) is 0 Å². The summed E-state index contributed by atoms with van der Waals surface area (Å²) in [6.07, 6.45) is 2.37. The summed E-state index contributed by atoms with van der Waals surface area (Å²) >= 11 is 0. The molecule has 1 aromatic heterocycles. The van der Waals surface area contributed by atoms with Crippen LogP contribution in [0.5, 0.6) is 0 Å². The Labute approximate surface area is 122 Å². The molecule has 0 saturated heterocycles. The summed E-state index contributed by atoms with van der Waals surface area (Å²) in [5, 5.41) is 12.9. The topological polar surface area (TPSA) is 88.9 Å². The Morgan fingerprint density at radius 2 is 1.95 bits per heavy atom. The first-order chi connectivity index (χ1) is 10.2. The molecule has 2 rings (SSSR count). The summed E-state index contributed by atoms with van der Waals surface area (Å²) in [4.78, 5) is 23.3. The average Bonchev–Trinajstić information content (AvgIpc) is 3.01. The van der Waals surface area contributed by atoms with E-state index in [1.54, 1.807) is 0 Å². The fourth-order valence-electron chi connectivity index (χ4n) is 1.65. The lowest BCUT2D eigenvalue weighted by Crippen LogP contribution is -2.37. The molecule has 0 fully saturated rings. The van der Waals surface area contributed by atoms with E-state index in [-0.39, 0.29) is 18.1 Å². The molecule has 0 aliphatic heterocycles. The fourth-order valence-corrected chi connectivity index (χ4v) is 1.65. The minimum absolute atomic E-state index is 0.0724. The Morgan fingerprint density at radius 1 is 1.19 bits per heavy atom. The summed E-state index contributed by atoms with van der Waals surface area (Å²) in [5.74, 6) is -0.649. The van der Waals surface area contributed by atoms with Gasteiger partial charge in [-0.1, -0.05) is 30.3 Å². The van der Waals surface area contributed by atoms with Gasteiger partial charge in [-0.3, -0.25) is 9.59 Å². The van der Waals surface area contributed by atoms with Crippen molar-refractivity contribution in [2.24, 2.45) is 0 Å². The summed E-state index contributed by atoms with van der Waals surface area (Å²) in [6.45, 7) is 2.48. The molecule has 7 nitrogen and oxygen atoms in total. The number of nitrogens with zero attached hydrogens (tertiary/aromatic N) is 3. The lowest BCUT2D eigenvalue weighted by Gasteiger charge is -2.03. The first-order valence-electron chi connectivity index (χ1n) is 6.73. The molecule has 2 amide bonds. The molecule has 2 N–H and O–H groups in total. The molecule has 110 valence electrons. The zero-order valence-electron chi connectivity index (χ0n) is 11.7. The molecule has 0 spiro atoms. The average molecular weight is 287 g/mol. The van der Waals surface area contributed by atoms with Gasteiger partial charge in [0.2, 0.25) is 5.91 Å². The first kappa shape index (κ1) is 14.7. The van der Waals surface area contributed by atoms with Gasteiger partial charge in [-0.25, -0.2) is 4.68 Å². The second-order valence-electron chi connectivity index (χ2n) is 4.42. The van der Waals surface area contributed by atoms with Crippen LogP contribution in [0.3, 0.4) is 0 Å². The van der Waals surface area contributed by atoms with Gasteiger partial charge in [0.05, 0.1) is 18.4 Å². The lowest BCUT2D eigenvalue weighted by atomic mass is 10.3. The summed E-state index contributed by atoms with van der Waals surface area (Å²) < 4.78 is 1.51. The van der Waals surface area contributed by atoms with Gasteiger partial charge in [-0.2, -0.15) is 0 Å². The van der Waals surface area contributed by atoms with E-state index in [1.807, 2.05) is 37.3 Å². The van der Waals surface area contributed by atoms with E-state index in [0.29, 0.717) is 6.54 Å². The number of para-hydroxylation sites is 1. The van der Waals surface area contributed by atoms with Crippen LogP contribution in [0, 0.1) is 0 Å². The van der Waals surface area contributed by atoms with Gasteiger partial charge >= 0.3 is 0 Å². The van der Waals surface area contributed by atoms with Crippen LogP contribution < -0.4 is 10.6 Å². The van der Waals surface area contributed by atoms with Gasteiger partial charge in [0.25, 0.3) is 5.91 Å². The molecule has 0 saturated carbocycles. The van der Waals surface area contributed by atoms with Gasteiger partial charge in [0.15, 0.2) is 5.69 Å². The van der Waals surface area contributed by atoms with E-state index < -0.39 is 5.91 Å². The SMILES string of the molecule is CCCNC(=O)CNC(=O)c1cn(-c2ccccc2)nn1. The Morgan fingerprint density at radius 3 is 2.67 bits per heavy atom. The number of carbonyl (C=O) groups is 2. The molecule has 0 radical (unpaired) electrons. The molecule has 0 unspecified atom stereocenters.